The summed E-state index contributed by atoms with van der Waals surface area (Å²) in [5.41, 5.74) is 1.35. The van der Waals surface area contributed by atoms with Crippen molar-refractivity contribution in [3.8, 4) is 0 Å². The molecule has 0 saturated heterocycles. The van der Waals surface area contributed by atoms with Crippen molar-refractivity contribution in [3.05, 3.63) is 35.9 Å². The van der Waals surface area contributed by atoms with Crippen LogP contribution in [0.4, 0.5) is 0 Å². The molecule has 0 radical (unpaired) electrons. The second-order valence-electron chi connectivity index (χ2n) is 3.16. The highest BCUT2D eigenvalue weighted by Gasteiger charge is 1.92. The monoisotopic (exact) mass is 231 g/mol. The summed E-state index contributed by atoms with van der Waals surface area (Å²) < 4.78 is 0. The van der Waals surface area contributed by atoms with Gasteiger partial charge in [0.1, 0.15) is 0 Å². The molecule has 0 aliphatic rings. The van der Waals surface area contributed by atoms with Crippen molar-refractivity contribution in [1.29, 1.82) is 0 Å². The predicted molar refractivity (Wildman–Crippen MR) is 67.3 cm³/mol. The lowest BCUT2D eigenvalue weighted by atomic mass is 10.2. The highest BCUT2D eigenvalue weighted by atomic mass is 35.5. The van der Waals surface area contributed by atoms with Gasteiger partial charge in [-0.25, -0.2) is 0 Å². The molecule has 5 heteroatoms. The van der Waals surface area contributed by atoms with Crippen LogP contribution < -0.4 is 5.32 Å². The molecule has 1 aromatic rings. The maximum absolute atomic E-state index is 7.12. The largest absolute Gasteiger partial charge is 0.432 e. The Hall–Kier alpha value is -0.545. The molecule has 3 N–H and O–H groups in total. The molecule has 0 saturated carbocycles. The average molecular weight is 232 g/mol. The molecule has 1 aromatic carbocycles. The minimum atomic E-state index is -0.750. The minimum Gasteiger partial charge on any atom is -0.430 e. The van der Waals surface area contributed by atoms with Crippen LogP contribution in [-0.4, -0.2) is 23.8 Å². The van der Waals surface area contributed by atoms with Gasteiger partial charge in [-0.1, -0.05) is 44.2 Å². The molecule has 1 rings (SSSR count). The van der Waals surface area contributed by atoms with Gasteiger partial charge in [0.2, 0.25) is 0 Å². The highest BCUT2D eigenvalue weighted by molar-refractivity contribution is 6.13. The Morgan fingerprint density at radius 1 is 1.20 bits per heavy atom. The molecule has 0 aliphatic carbocycles. The van der Waals surface area contributed by atoms with Crippen molar-refractivity contribution in [2.45, 2.75) is 26.4 Å². The van der Waals surface area contributed by atoms with Crippen molar-refractivity contribution in [3.63, 3.8) is 0 Å². The van der Waals surface area contributed by atoms with Gasteiger partial charge in [0.05, 0.1) is 0 Å². The molecule has 3 nitrogen and oxygen atoms in total. The molecule has 0 amide bonds. The Morgan fingerprint density at radius 3 is 2.07 bits per heavy atom. The molecule has 0 aromatic heterocycles. The van der Waals surface area contributed by atoms with Crippen LogP contribution in [0, 0.1) is 0 Å². The topological polar surface area (TPSA) is 52.5 Å². The zero-order chi connectivity index (χ0) is 10.8. The van der Waals surface area contributed by atoms with Gasteiger partial charge in [-0.3, -0.25) is 0 Å². The first-order valence-electron chi connectivity index (χ1n) is 4.69. The van der Waals surface area contributed by atoms with Gasteiger partial charge in [-0.2, -0.15) is 0 Å². The molecule has 0 spiro atoms. The summed E-state index contributed by atoms with van der Waals surface area (Å²) in [4.78, 5) is 0. The smallest absolute Gasteiger partial charge is 0.430 e. The first-order valence-corrected chi connectivity index (χ1v) is 4.69. The Bertz CT molecular complexity index is 222. The molecule has 0 heterocycles. The highest BCUT2D eigenvalue weighted by Crippen LogP contribution is 1.97. The molecule has 0 atom stereocenters. The van der Waals surface area contributed by atoms with Gasteiger partial charge >= 0.3 is 7.69 Å². The van der Waals surface area contributed by atoms with Gasteiger partial charge in [0.25, 0.3) is 0 Å². The zero-order valence-electron chi connectivity index (χ0n) is 9.18. The summed E-state index contributed by atoms with van der Waals surface area (Å²) >= 11 is 0. The zero-order valence-corrected chi connectivity index (χ0v) is 10.00. The van der Waals surface area contributed by atoms with E-state index in [-0.39, 0.29) is 12.4 Å². The van der Waals surface area contributed by atoms with Crippen LogP contribution in [0.1, 0.15) is 19.4 Å². The molecule has 0 aliphatic heterocycles. The van der Waals surface area contributed by atoms with Gasteiger partial charge < -0.3 is 15.4 Å². The van der Waals surface area contributed by atoms with Crippen LogP contribution >= 0.6 is 12.4 Å². The quantitative estimate of drug-likeness (QED) is 0.676. The van der Waals surface area contributed by atoms with Crippen molar-refractivity contribution in [2.75, 3.05) is 0 Å². The van der Waals surface area contributed by atoms with Gasteiger partial charge in [-0.15, -0.1) is 12.4 Å². The Balaban J connectivity index is 0. The van der Waals surface area contributed by atoms with Crippen LogP contribution in [0.3, 0.4) is 0 Å². The Kier molecular flexibility index (Phi) is 13.0. The van der Waals surface area contributed by atoms with E-state index in [1.165, 1.54) is 5.56 Å². The van der Waals surface area contributed by atoms with Crippen molar-refractivity contribution in [1.82, 2.24) is 5.32 Å². The van der Waals surface area contributed by atoms with Crippen molar-refractivity contribution < 1.29 is 10.0 Å². The molecule has 0 unspecified atom stereocenters. The summed E-state index contributed by atoms with van der Waals surface area (Å²) in [5, 5.41) is 17.6. The van der Waals surface area contributed by atoms with E-state index >= 15 is 0 Å². The third-order valence-electron chi connectivity index (χ3n) is 1.56. The number of halogens is 1. The normalized spacial score (nSPS) is 8.60. The van der Waals surface area contributed by atoms with E-state index in [1.54, 1.807) is 0 Å². The predicted octanol–water partition coefficient (Wildman–Crippen LogP) is 0.844. The van der Waals surface area contributed by atoms with Crippen molar-refractivity contribution in [2.24, 2.45) is 0 Å². The first kappa shape index (κ1) is 16.9. The Morgan fingerprint density at radius 2 is 1.67 bits per heavy atom. The SMILES string of the molecule is CC(C)NCc1ccccc1.Cl.OBO. The second-order valence-corrected chi connectivity index (χ2v) is 3.16. The lowest BCUT2D eigenvalue weighted by molar-refractivity contribution is 0.448. The van der Waals surface area contributed by atoms with E-state index in [4.69, 9.17) is 10.0 Å². The van der Waals surface area contributed by atoms with E-state index in [2.05, 4.69) is 43.4 Å². The van der Waals surface area contributed by atoms with Crippen LogP contribution in [-0.2, 0) is 6.54 Å². The molecule has 86 valence electrons. The summed E-state index contributed by atoms with van der Waals surface area (Å²) in [6, 6.07) is 11.0. The van der Waals surface area contributed by atoms with Crippen LogP contribution in [0.2, 0.25) is 0 Å². The number of hydrogen-bond acceptors (Lipinski definition) is 3. The number of nitrogens with one attached hydrogen (secondary N) is 1. The minimum absolute atomic E-state index is 0. The van der Waals surface area contributed by atoms with Crippen LogP contribution in [0.25, 0.3) is 0 Å². The summed E-state index contributed by atoms with van der Waals surface area (Å²) in [7, 11) is -0.750. The molecule has 0 fully saturated rings. The lowest BCUT2D eigenvalue weighted by Crippen LogP contribution is -2.21. The van der Waals surface area contributed by atoms with E-state index in [9.17, 15) is 0 Å². The van der Waals surface area contributed by atoms with Gasteiger partial charge in [0, 0.05) is 12.6 Å². The first-order chi connectivity index (χ1) is 6.70. The van der Waals surface area contributed by atoms with E-state index in [0.29, 0.717) is 6.04 Å². The number of rotatable bonds is 3. The number of benzene rings is 1. The summed E-state index contributed by atoms with van der Waals surface area (Å²) in [6.07, 6.45) is 0. The summed E-state index contributed by atoms with van der Waals surface area (Å²) in [5.74, 6) is 0. The fourth-order valence-electron chi connectivity index (χ4n) is 0.918. The maximum atomic E-state index is 7.12. The lowest BCUT2D eigenvalue weighted by Gasteiger charge is -2.06. The van der Waals surface area contributed by atoms with E-state index < -0.39 is 7.69 Å². The Labute approximate surface area is 98.2 Å². The van der Waals surface area contributed by atoms with Crippen molar-refractivity contribution >= 4 is 20.1 Å². The van der Waals surface area contributed by atoms with E-state index in [1.807, 2.05) is 6.07 Å². The molecule has 15 heavy (non-hydrogen) atoms. The standard InChI is InChI=1S/C10H15N.BH3O2.ClH/c1-9(2)11-8-10-6-4-3-5-7-10;2-1-3;/h3-7,9,11H,8H2,1-2H3;1-3H;1H. The van der Waals surface area contributed by atoms with Crippen LogP contribution in [0.5, 0.6) is 0 Å². The maximum Gasteiger partial charge on any atom is 0.432 e. The fraction of sp³-hybridized carbons (Fsp3) is 0.400. The number of hydrogen-bond donors (Lipinski definition) is 3. The fourth-order valence-corrected chi connectivity index (χ4v) is 0.918. The average Bonchev–Trinajstić information content (AvgIpc) is 2.18. The second kappa shape index (κ2) is 11.5. The third kappa shape index (κ3) is 11.4. The third-order valence-corrected chi connectivity index (χ3v) is 1.56. The summed E-state index contributed by atoms with van der Waals surface area (Å²) in [6.45, 7) is 5.28. The molecule has 0 bridgehead atoms. The van der Waals surface area contributed by atoms with Crippen LogP contribution in [0.15, 0.2) is 30.3 Å². The van der Waals surface area contributed by atoms with E-state index in [0.717, 1.165) is 6.54 Å². The molecular formula is C10H19BClNO2. The molecular weight excluding hydrogens is 212 g/mol. The van der Waals surface area contributed by atoms with Gasteiger partial charge in [-0.05, 0) is 5.56 Å². The van der Waals surface area contributed by atoms with Gasteiger partial charge in [0.15, 0.2) is 0 Å².